The summed E-state index contributed by atoms with van der Waals surface area (Å²) in [6.45, 7) is 8.22. The molecule has 1 amide bonds. The fourth-order valence-corrected chi connectivity index (χ4v) is 5.72. The predicted molar refractivity (Wildman–Crippen MR) is 146 cm³/mol. The average molecular weight is 498 g/mol. The van der Waals surface area contributed by atoms with E-state index in [0.29, 0.717) is 31.2 Å². The van der Waals surface area contributed by atoms with Crippen molar-refractivity contribution >= 4 is 23.5 Å². The third-order valence-corrected chi connectivity index (χ3v) is 8.12. The largest absolute Gasteiger partial charge is 0.469 e. The number of nitrogens with zero attached hydrogens (tertiary/aromatic N) is 4. The number of pyridine rings is 2. The van der Waals surface area contributed by atoms with Crippen molar-refractivity contribution in [1.82, 2.24) is 14.9 Å². The van der Waals surface area contributed by atoms with E-state index in [-0.39, 0.29) is 11.9 Å². The SMILES string of the molecule is C=Cc1cc(-c2c(C3CC3)nc(N3CCN(C(=O)CCc4ccco4)[C@H](C4CC4)C3)c(N)c2C)ccn1. The van der Waals surface area contributed by atoms with Crippen LogP contribution in [0.4, 0.5) is 11.5 Å². The summed E-state index contributed by atoms with van der Waals surface area (Å²) in [6, 6.07) is 8.13. The molecular weight excluding hydrogens is 462 g/mol. The van der Waals surface area contributed by atoms with Gasteiger partial charge >= 0.3 is 0 Å². The Balaban J connectivity index is 1.27. The summed E-state index contributed by atoms with van der Waals surface area (Å²) in [7, 11) is 0. The highest BCUT2D eigenvalue weighted by Gasteiger charge is 2.42. The molecule has 1 atom stereocenters. The minimum atomic E-state index is 0.207. The Bertz CT molecular complexity index is 1310. The van der Waals surface area contributed by atoms with Crippen LogP contribution >= 0.6 is 0 Å². The summed E-state index contributed by atoms with van der Waals surface area (Å²) in [5.41, 5.74) is 12.9. The fourth-order valence-electron chi connectivity index (χ4n) is 5.72. The molecule has 0 radical (unpaired) electrons. The predicted octanol–water partition coefficient (Wildman–Crippen LogP) is 5.21. The molecule has 0 spiro atoms. The zero-order valence-electron chi connectivity index (χ0n) is 21.5. The van der Waals surface area contributed by atoms with Crippen molar-refractivity contribution in [2.45, 2.75) is 57.4 Å². The Labute approximate surface area is 218 Å². The van der Waals surface area contributed by atoms with Crippen molar-refractivity contribution < 1.29 is 9.21 Å². The molecule has 1 saturated heterocycles. The zero-order valence-corrected chi connectivity index (χ0v) is 21.5. The van der Waals surface area contributed by atoms with Crippen molar-refractivity contribution in [3.8, 4) is 11.1 Å². The molecule has 4 heterocycles. The van der Waals surface area contributed by atoms with Gasteiger partial charge in [0.1, 0.15) is 5.76 Å². The number of aryl methyl sites for hydroxylation is 1. The first-order valence-corrected chi connectivity index (χ1v) is 13.5. The number of carbonyl (C=O) groups excluding carboxylic acids is 1. The van der Waals surface area contributed by atoms with Crippen molar-refractivity contribution in [2.75, 3.05) is 30.3 Å². The van der Waals surface area contributed by atoms with Gasteiger partial charge in [-0.05, 0) is 80.0 Å². The molecule has 2 N–H and O–H groups in total. The lowest BCUT2D eigenvalue weighted by atomic mass is 9.95. The molecule has 0 bridgehead atoms. The number of piperazine rings is 1. The van der Waals surface area contributed by atoms with Crippen LogP contribution in [-0.4, -0.2) is 46.5 Å². The van der Waals surface area contributed by atoms with Crippen LogP contribution in [0, 0.1) is 12.8 Å². The first-order valence-electron chi connectivity index (χ1n) is 13.5. The first kappa shape index (κ1) is 23.8. The van der Waals surface area contributed by atoms with Gasteiger partial charge in [0.2, 0.25) is 5.91 Å². The van der Waals surface area contributed by atoms with Crippen LogP contribution in [0.5, 0.6) is 0 Å². The van der Waals surface area contributed by atoms with Gasteiger partial charge in [0.15, 0.2) is 5.82 Å². The highest BCUT2D eigenvalue weighted by atomic mass is 16.3. The maximum Gasteiger partial charge on any atom is 0.223 e. The van der Waals surface area contributed by atoms with E-state index in [1.165, 1.54) is 12.8 Å². The molecule has 7 nitrogen and oxygen atoms in total. The van der Waals surface area contributed by atoms with Crippen molar-refractivity contribution in [1.29, 1.82) is 0 Å². The van der Waals surface area contributed by atoms with Crippen molar-refractivity contribution in [3.05, 3.63) is 66.0 Å². The lowest BCUT2D eigenvalue weighted by Crippen LogP contribution is -2.56. The number of nitrogens with two attached hydrogens (primary N) is 1. The van der Waals surface area contributed by atoms with E-state index in [4.69, 9.17) is 15.1 Å². The average Bonchev–Trinajstić information content (AvgIpc) is 3.87. The standard InChI is InChI=1S/C30H35N5O2/c1-3-23-17-22(12-13-32-23)27-19(2)28(31)30(33-29(27)21-8-9-21)34-14-15-35(25(18-34)20-6-7-20)26(36)11-10-24-5-4-16-37-24/h3-5,12-13,16-17,20-21,25H,1,6-11,14-15,18,31H2,2H3/t25-/m0/s1. The summed E-state index contributed by atoms with van der Waals surface area (Å²) in [4.78, 5) is 27.3. The summed E-state index contributed by atoms with van der Waals surface area (Å²) >= 11 is 0. The molecule has 0 unspecified atom stereocenters. The summed E-state index contributed by atoms with van der Waals surface area (Å²) < 4.78 is 5.44. The minimum Gasteiger partial charge on any atom is -0.469 e. The molecule has 0 aromatic carbocycles. The van der Waals surface area contributed by atoms with Crippen molar-refractivity contribution in [2.24, 2.45) is 5.92 Å². The number of rotatable bonds is 8. The Morgan fingerprint density at radius 1 is 1.24 bits per heavy atom. The number of anilines is 2. The number of hydrogen-bond donors (Lipinski definition) is 1. The van der Waals surface area contributed by atoms with Crippen LogP contribution in [0.2, 0.25) is 0 Å². The van der Waals surface area contributed by atoms with Gasteiger partial charge in [-0.2, -0.15) is 0 Å². The molecule has 37 heavy (non-hydrogen) atoms. The van der Waals surface area contributed by atoms with E-state index in [1.807, 2.05) is 24.4 Å². The molecule has 3 aromatic heterocycles. The van der Waals surface area contributed by atoms with Gasteiger partial charge in [0.05, 0.1) is 29.4 Å². The van der Waals surface area contributed by atoms with Gasteiger partial charge in [0, 0.05) is 50.2 Å². The smallest absolute Gasteiger partial charge is 0.223 e. The van der Waals surface area contributed by atoms with Gasteiger partial charge in [-0.1, -0.05) is 6.58 Å². The highest BCUT2D eigenvalue weighted by Crippen LogP contribution is 2.48. The summed E-state index contributed by atoms with van der Waals surface area (Å²) in [5, 5.41) is 0. The molecule has 3 aliphatic rings. The van der Waals surface area contributed by atoms with E-state index < -0.39 is 0 Å². The van der Waals surface area contributed by atoms with E-state index in [9.17, 15) is 4.79 Å². The third kappa shape index (κ3) is 4.75. The lowest BCUT2D eigenvalue weighted by molar-refractivity contribution is -0.134. The first-order chi connectivity index (χ1) is 18.0. The summed E-state index contributed by atoms with van der Waals surface area (Å²) in [5.74, 6) is 3.00. The van der Waals surface area contributed by atoms with Crippen LogP contribution in [0.3, 0.4) is 0 Å². The zero-order chi connectivity index (χ0) is 25.5. The molecule has 3 fully saturated rings. The van der Waals surface area contributed by atoms with E-state index >= 15 is 0 Å². The topological polar surface area (TPSA) is 88.5 Å². The molecule has 7 heteroatoms. The van der Waals surface area contributed by atoms with Crippen LogP contribution in [0.1, 0.15) is 60.7 Å². The second-order valence-corrected chi connectivity index (χ2v) is 10.7. The minimum absolute atomic E-state index is 0.207. The Kier molecular flexibility index (Phi) is 6.22. The van der Waals surface area contributed by atoms with E-state index in [1.54, 1.807) is 12.3 Å². The van der Waals surface area contributed by atoms with Crippen LogP contribution in [0.25, 0.3) is 17.2 Å². The van der Waals surface area contributed by atoms with Gasteiger partial charge in [0.25, 0.3) is 0 Å². The van der Waals surface area contributed by atoms with Gasteiger partial charge in [-0.15, -0.1) is 0 Å². The second-order valence-electron chi connectivity index (χ2n) is 10.7. The molecular formula is C30H35N5O2. The van der Waals surface area contributed by atoms with Crippen LogP contribution < -0.4 is 10.6 Å². The quantitative estimate of drug-likeness (QED) is 0.460. The number of nitrogen functional groups attached to an aromatic ring is 1. The normalized spacial score (nSPS) is 19.8. The third-order valence-electron chi connectivity index (χ3n) is 8.12. The highest BCUT2D eigenvalue weighted by molar-refractivity contribution is 5.82. The molecule has 2 saturated carbocycles. The van der Waals surface area contributed by atoms with Crippen molar-refractivity contribution in [3.63, 3.8) is 0 Å². The maximum atomic E-state index is 13.2. The fraction of sp³-hybridized carbons (Fsp3) is 0.433. The Morgan fingerprint density at radius 2 is 2.08 bits per heavy atom. The van der Waals surface area contributed by atoms with Gasteiger partial charge < -0.3 is 20.0 Å². The molecule has 192 valence electrons. The van der Waals surface area contributed by atoms with Crippen LogP contribution in [0.15, 0.2) is 47.7 Å². The van der Waals surface area contributed by atoms with Gasteiger partial charge in [-0.25, -0.2) is 4.98 Å². The van der Waals surface area contributed by atoms with Gasteiger partial charge in [-0.3, -0.25) is 9.78 Å². The molecule has 6 rings (SSSR count). The summed E-state index contributed by atoms with van der Waals surface area (Å²) in [6.07, 6.45) is 11.1. The monoisotopic (exact) mass is 497 g/mol. The molecule has 1 aliphatic heterocycles. The number of aromatic nitrogens is 2. The van der Waals surface area contributed by atoms with Crippen LogP contribution in [-0.2, 0) is 11.2 Å². The second kappa shape index (κ2) is 9.69. The number of amides is 1. The Morgan fingerprint density at radius 3 is 2.78 bits per heavy atom. The number of furan rings is 1. The maximum absolute atomic E-state index is 13.2. The van der Waals surface area contributed by atoms with E-state index in [2.05, 4.69) is 34.4 Å². The lowest BCUT2D eigenvalue weighted by Gasteiger charge is -2.43. The Hall–Kier alpha value is -3.61. The molecule has 3 aromatic rings. The van der Waals surface area contributed by atoms with E-state index in [0.717, 1.165) is 71.3 Å². The number of carbonyl (C=O) groups is 1. The number of hydrogen-bond acceptors (Lipinski definition) is 6. The molecule has 2 aliphatic carbocycles.